The van der Waals surface area contributed by atoms with Gasteiger partial charge in [-0.1, -0.05) is 54.3 Å². The highest BCUT2D eigenvalue weighted by atomic mass is 32.2. The third kappa shape index (κ3) is 4.50. The van der Waals surface area contributed by atoms with Gasteiger partial charge in [-0.15, -0.1) is 10.2 Å². The molecule has 0 saturated carbocycles. The monoisotopic (exact) mass is 340 g/mol. The molecule has 1 heterocycles. The van der Waals surface area contributed by atoms with E-state index in [4.69, 9.17) is 5.11 Å². The fraction of sp³-hybridized carbons (Fsp3) is 0.467. The summed E-state index contributed by atoms with van der Waals surface area (Å²) in [6.45, 7) is 3.69. The molecule has 0 unspecified atom stereocenters. The molecule has 2 rings (SSSR count). The van der Waals surface area contributed by atoms with Gasteiger partial charge in [-0.3, -0.25) is 0 Å². The number of aliphatic hydroxyl groups excluding tert-OH is 3. The lowest BCUT2D eigenvalue weighted by atomic mass is 9.93. The number of hydrogen-bond acceptors (Lipinski definition) is 7. The summed E-state index contributed by atoms with van der Waals surface area (Å²) < 4.78 is 0.825. The van der Waals surface area contributed by atoms with Crippen LogP contribution in [0.4, 0.5) is 0 Å². The molecule has 3 N–H and O–H groups in total. The minimum absolute atomic E-state index is 0.0214. The molecule has 0 spiro atoms. The summed E-state index contributed by atoms with van der Waals surface area (Å²) in [6, 6.07) is 7.11. The minimum Gasteiger partial charge on any atom is -0.392 e. The fourth-order valence-corrected chi connectivity index (χ4v) is 3.91. The van der Waals surface area contributed by atoms with Crippen molar-refractivity contribution in [1.29, 1.82) is 0 Å². The van der Waals surface area contributed by atoms with Crippen molar-refractivity contribution in [3.05, 3.63) is 40.4 Å². The van der Waals surface area contributed by atoms with Gasteiger partial charge in [-0.05, 0) is 18.1 Å². The summed E-state index contributed by atoms with van der Waals surface area (Å²) in [5.74, 6) is 0.156. The van der Waals surface area contributed by atoms with Crippen LogP contribution in [0.2, 0.25) is 0 Å². The summed E-state index contributed by atoms with van der Waals surface area (Å²) in [7, 11) is 0. The van der Waals surface area contributed by atoms with Gasteiger partial charge >= 0.3 is 0 Å². The van der Waals surface area contributed by atoms with Gasteiger partial charge < -0.3 is 15.3 Å². The number of aryl methyl sites for hydroxylation is 1. The van der Waals surface area contributed by atoms with Crippen LogP contribution in [0.15, 0.2) is 28.6 Å². The van der Waals surface area contributed by atoms with E-state index in [-0.39, 0.29) is 12.5 Å². The second kappa shape index (κ2) is 8.03. The van der Waals surface area contributed by atoms with Crippen molar-refractivity contribution in [2.24, 2.45) is 5.92 Å². The average Bonchev–Trinajstić information content (AvgIpc) is 2.96. The quantitative estimate of drug-likeness (QED) is 0.670. The summed E-state index contributed by atoms with van der Waals surface area (Å²) in [6.07, 6.45) is -1.40. The van der Waals surface area contributed by atoms with Crippen molar-refractivity contribution >= 4 is 23.1 Å². The average molecular weight is 340 g/mol. The van der Waals surface area contributed by atoms with Gasteiger partial charge in [0.25, 0.3) is 0 Å². The topological polar surface area (TPSA) is 86.5 Å². The normalized spacial score (nSPS) is 15.5. The van der Waals surface area contributed by atoms with Crippen LogP contribution < -0.4 is 0 Å². The molecule has 1 aromatic heterocycles. The second-order valence-corrected chi connectivity index (χ2v) is 7.62. The van der Waals surface area contributed by atoms with E-state index in [0.717, 1.165) is 20.5 Å². The van der Waals surface area contributed by atoms with E-state index >= 15 is 0 Å². The first-order valence-electron chi connectivity index (χ1n) is 7.00. The summed E-state index contributed by atoms with van der Waals surface area (Å²) >= 11 is 2.94. The van der Waals surface area contributed by atoms with Gasteiger partial charge in [0.05, 0.1) is 18.8 Å². The van der Waals surface area contributed by atoms with Gasteiger partial charge in [-0.25, -0.2) is 0 Å². The van der Waals surface area contributed by atoms with E-state index in [9.17, 15) is 10.2 Å². The molecule has 22 heavy (non-hydrogen) atoms. The zero-order valence-electron chi connectivity index (χ0n) is 12.5. The smallest absolute Gasteiger partial charge is 0.174 e. The van der Waals surface area contributed by atoms with E-state index < -0.39 is 12.2 Å². The summed E-state index contributed by atoms with van der Waals surface area (Å²) in [4.78, 5) is 0. The zero-order chi connectivity index (χ0) is 16.1. The van der Waals surface area contributed by atoms with Crippen LogP contribution in [-0.4, -0.2) is 37.4 Å². The maximum absolute atomic E-state index is 10.4. The molecule has 0 fully saturated rings. The molecule has 0 aliphatic heterocycles. The highest BCUT2D eigenvalue weighted by molar-refractivity contribution is 8.01. The lowest BCUT2D eigenvalue weighted by Gasteiger charge is -2.24. The Labute approximate surface area is 138 Å². The SMILES string of the molecule is Cc1nnc(SC[C@H](O)[C@@H](C)[C@H](O)c2ccc(CO)cc2)s1. The van der Waals surface area contributed by atoms with Crippen molar-refractivity contribution < 1.29 is 15.3 Å². The predicted molar refractivity (Wildman–Crippen MR) is 87.9 cm³/mol. The van der Waals surface area contributed by atoms with Crippen molar-refractivity contribution in [3.63, 3.8) is 0 Å². The molecule has 0 bridgehead atoms. The summed E-state index contributed by atoms with van der Waals surface area (Å²) in [5.41, 5.74) is 1.53. The Balaban J connectivity index is 1.91. The van der Waals surface area contributed by atoms with E-state index in [1.165, 1.54) is 23.1 Å². The number of nitrogens with zero attached hydrogens (tertiary/aromatic N) is 2. The molecule has 1 aromatic carbocycles. The third-order valence-electron chi connectivity index (χ3n) is 3.49. The highest BCUT2D eigenvalue weighted by Gasteiger charge is 2.24. The largest absolute Gasteiger partial charge is 0.392 e. The Hall–Kier alpha value is -0.990. The Bertz CT molecular complexity index is 589. The number of hydrogen-bond donors (Lipinski definition) is 3. The predicted octanol–water partition coefficient (Wildman–Crippen LogP) is 2.16. The Morgan fingerprint density at radius 1 is 1.18 bits per heavy atom. The molecule has 7 heteroatoms. The molecule has 120 valence electrons. The van der Waals surface area contributed by atoms with E-state index in [2.05, 4.69) is 10.2 Å². The lowest BCUT2D eigenvalue weighted by molar-refractivity contribution is 0.0330. The van der Waals surface area contributed by atoms with Gasteiger partial charge in [0.15, 0.2) is 4.34 Å². The van der Waals surface area contributed by atoms with Crippen LogP contribution in [0.3, 0.4) is 0 Å². The molecule has 3 atom stereocenters. The second-order valence-electron chi connectivity index (χ2n) is 5.17. The maximum atomic E-state index is 10.4. The first-order valence-corrected chi connectivity index (χ1v) is 8.80. The third-order valence-corrected chi connectivity index (χ3v) is 5.57. The molecule has 0 saturated heterocycles. The van der Waals surface area contributed by atoms with E-state index in [0.29, 0.717) is 5.75 Å². The fourth-order valence-electron chi connectivity index (χ4n) is 1.98. The molecule has 5 nitrogen and oxygen atoms in total. The number of benzene rings is 1. The molecular weight excluding hydrogens is 320 g/mol. The standard InChI is InChI=1S/C15H20N2O3S2/c1-9(13(19)8-21-15-17-16-10(2)22-15)14(20)12-5-3-11(7-18)4-6-12/h3-6,9,13-14,18-20H,7-8H2,1-2H3/t9-,13+,14+/m1/s1. The Morgan fingerprint density at radius 2 is 1.86 bits per heavy atom. The van der Waals surface area contributed by atoms with Crippen LogP contribution in [0.25, 0.3) is 0 Å². The van der Waals surface area contributed by atoms with Gasteiger partial charge in [-0.2, -0.15) is 0 Å². The van der Waals surface area contributed by atoms with E-state index in [1.807, 2.05) is 13.8 Å². The van der Waals surface area contributed by atoms with Crippen LogP contribution in [0, 0.1) is 12.8 Å². The molecule has 2 aromatic rings. The first-order chi connectivity index (χ1) is 10.5. The molecule has 0 aliphatic carbocycles. The number of thioether (sulfide) groups is 1. The van der Waals surface area contributed by atoms with Crippen molar-refractivity contribution in [3.8, 4) is 0 Å². The van der Waals surface area contributed by atoms with Crippen molar-refractivity contribution in [2.45, 2.75) is 37.0 Å². The highest BCUT2D eigenvalue weighted by Crippen LogP contribution is 2.29. The van der Waals surface area contributed by atoms with Crippen LogP contribution >= 0.6 is 23.1 Å². The maximum Gasteiger partial charge on any atom is 0.174 e. The molecular formula is C15H20N2O3S2. The number of aliphatic hydroxyl groups is 3. The van der Waals surface area contributed by atoms with E-state index in [1.54, 1.807) is 24.3 Å². The summed E-state index contributed by atoms with van der Waals surface area (Å²) in [5, 5.41) is 38.5. The van der Waals surface area contributed by atoms with Crippen LogP contribution in [0.1, 0.15) is 29.2 Å². The molecule has 0 radical (unpaired) electrons. The van der Waals surface area contributed by atoms with Gasteiger partial charge in [0.2, 0.25) is 0 Å². The Kier molecular flexibility index (Phi) is 6.34. The zero-order valence-corrected chi connectivity index (χ0v) is 14.1. The van der Waals surface area contributed by atoms with Crippen molar-refractivity contribution in [2.75, 3.05) is 5.75 Å². The molecule has 0 amide bonds. The van der Waals surface area contributed by atoms with Crippen molar-refractivity contribution in [1.82, 2.24) is 10.2 Å². The Morgan fingerprint density at radius 3 is 2.41 bits per heavy atom. The van der Waals surface area contributed by atoms with Gasteiger partial charge in [0, 0.05) is 11.7 Å². The lowest BCUT2D eigenvalue weighted by Crippen LogP contribution is -2.26. The first kappa shape index (κ1) is 17.4. The van der Waals surface area contributed by atoms with Crippen LogP contribution in [0.5, 0.6) is 0 Å². The van der Waals surface area contributed by atoms with Gasteiger partial charge in [0.1, 0.15) is 5.01 Å². The number of aromatic nitrogens is 2. The van der Waals surface area contributed by atoms with Crippen LogP contribution in [-0.2, 0) is 6.61 Å². The minimum atomic E-state index is -0.750. The number of rotatable bonds is 7. The molecule has 0 aliphatic rings.